The molecule has 1 amide bonds. The van der Waals surface area contributed by atoms with E-state index in [2.05, 4.69) is 4.99 Å². The second-order valence-electron chi connectivity index (χ2n) is 7.03. The smallest absolute Gasteiger partial charge is 0.295 e. The van der Waals surface area contributed by atoms with Crippen molar-refractivity contribution in [2.24, 2.45) is 4.99 Å². The van der Waals surface area contributed by atoms with E-state index in [1.54, 1.807) is 36.1 Å². The molecular weight excluding hydrogens is 358 g/mol. The minimum atomic E-state index is -0.475. The van der Waals surface area contributed by atoms with Crippen molar-refractivity contribution < 1.29 is 14.8 Å². The topological polar surface area (TPSA) is 96.0 Å². The molecule has 3 rings (SSSR count). The Labute approximate surface area is 162 Å². The Kier molecular flexibility index (Phi) is 5.00. The molecule has 0 unspecified atom stereocenters. The van der Waals surface area contributed by atoms with E-state index in [0.29, 0.717) is 17.1 Å². The molecule has 2 aromatic carbocycles. The van der Waals surface area contributed by atoms with Crippen LogP contribution in [0.4, 0.5) is 11.4 Å². The molecule has 7 heteroatoms. The summed E-state index contributed by atoms with van der Waals surface area (Å²) in [7, 11) is 0. The van der Waals surface area contributed by atoms with Crippen molar-refractivity contribution in [1.29, 1.82) is 0 Å². The Hall–Kier alpha value is -3.48. The van der Waals surface area contributed by atoms with Gasteiger partial charge in [-0.3, -0.25) is 19.8 Å². The lowest BCUT2D eigenvalue weighted by atomic mass is 9.98. The number of amidine groups is 1. The molecule has 0 fully saturated rings. The molecule has 0 aromatic heterocycles. The summed E-state index contributed by atoms with van der Waals surface area (Å²) < 4.78 is 0. The minimum Gasteiger partial charge on any atom is -0.508 e. The van der Waals surface area contributed by atoms with Crippen molar-refractivity contribution in [3.63, 3.8) is 0 Å². The Morgan fingerprint density at radius 2 is 1.93 bits per heavy atom. The number of benzene rings is 2. The minimum absolute atomic E-state index is 0.0492. The first-order valence-electron chi connectivity index (χ1n) is 8.88. The monoisotopic (exact) mass is 379 g/mol. The van der Waals surface area contributed by atoms with Crippen LogP contribution in [-0.4, -0.2) is 21.8 Å². The number of rotatable bonds is 4. The number of hydrogen-bond acceptors (Lipinski definition) is 5. The summed E-state index contributed by atoms with van der Waals surface area (Å²) in [5.41, 5.74) is 3.09. The van der Waals surface area contributed by atoms with Crippen LogP contribution in [-0.2, 0) is 4.79 Å². The van der Waals surface area contributed by atoms with Gasteiger partial charge in [0, 0.05) is 12.1 Å². The predicted molar refractivity (Wildman–Crippen MR) is 109 cm³/mol. The zero-order valence-electron chi connectivity index (χ0n) is 16.1. The van der Waals surface area contributed by atoms with E-state index < -0.39 is 10.8 Å². The third-order valence-corrected chi connectivity index (χ3v) is 4.64. The van der Waals surface area contributed by atoms with Gasteiger partial charge >= 0.3 is 0 Å². The third-order valence-electron chi connectivity index (χ3n) is 4.64. The molecule has 144 valence electrons. The summed E-state index contributed by atoms with van der Waals surface area (Å²) in [4.78, 5) is 28.8. The first-order chi connectivity index (χ1) is 13.2. The van der Waals surface area contributed by atoms with Crippen molar-refractivity contribution in [3.05, 3.63) is 68.9 Å². The molecular formula is C21H21N3O4. The lowest BCUT2D eigenvalue weighted by Gasteiger charge is -2.24. The van der Waals surface area contributed by atoms with E-state index in [1.807, 2.05) is 26.8 Å². The Morgan fingerprint density at radius 3 is 2.57 bits per heavy atom. The van der Waals surface area contributed by atoms with Crippen LogP contribution in [0.5, 0.6) is 5.75 Å². The van der Waals surface area contributed by atoms with E-state index in [1.165, 1.54) is 12.1 Å². The van der Waals surface area contributed by atoms with Crippen LogP contribution in [0.1, 0.15) is 43.4 Å². The largest absolute Gasteiger partial charge is 0.508 e. The van der Waals surface area contributed by atoms with Crippen molar-refractivity contribution in [2.75, 3.05) is 4.90 Å². The Bertz CT molecular complexity index is 1040. The maximum Gasteiger partial charge on any atom is 0.295 e. The zero-order chi connectivity index (χ0) is 20.6. The van der Waals surface area contributed by atoms with E-state index in [9.17, 15) is 20.0 Å². The fourth-order valence-electron chi connectivity index (χ4n) is 3.24. The number of carbonyl (C=O) groups excluding carboxylic acids is 1. The fourth-order valence-corrected chi connectivity index (χ4v) is 3.24. The van der Waals surface area contributed by atoms with Crippen LogP contribution in [0.15, 0.2) is 47.1 Å². The maximum absolute atomic E-state index is 12.5. The highest BCUT2D eigenvalue weighted by molar-refractivity contribution is 6.22. The van der Waals surface area contributed by atoms with Crippen LogP contribution < -0.4 is 4.90 Å². The van der Waals surface area contributed by atoms with Gasteiger partial charge in [0.25, 0.3) is 11.6 Å². The van der Waals surface area contributed by atoms with Gasteiger partial charge < -0.3 is 5.11 Å². The number of aliphatic imine (C=N–C) groups is 1. The van der Waals surface area contributed by atoms with Crippen LogP contribution in [0.2, 0.25) is 0 Å². The third kappa shape index (κ3) is 3.51. The summed E-state index contributed by atoms with van der Waals surface area (Å²) in [6.07, 6.45) is 1.59. The number of aryl methyl sites for hydroxylation is 1. The van der Waals surface area contributed by atoms with Gasteiger partial charge in [-0.15, -0.1) is 0 Å². The molecule has 1 heterocycles. The molecule has 7 nitrogen and oxygen atoms in total. The molecule has 0 saturated carbocycles. The number of aromatic hydroxyl groups is 1. The maximum atomic E-state index is 12.5. The molecule has 28 heavy (non-hydrogen) atoms. The molecule has 0 atom stereocenters. The lowest BCUT2D eigenvalue weighted by Crippen LogP contribution is -2.25. The molecule has 1 aliphatic heterocycles. The number of phenolic OH excluding ortho intramolecular Hbond substituents is 1. The summed E-state index contributed by atoms with van der Waals surface area (Å²) in [5, 5.41) is 21.3. The van der Waals surface area contributed by atoms with E-state index in [0.717, 1.165) is 16.8 Å². The molecule has 0 bridgehead atoms. The van der Waals surface area contributed by atoms with E-state index >= 15 is 0 Å². The number of hydrogen-bond donors (Lipinski definition) is 1. The lowest BCUT2D eigenvalue weighted by molar-refractivity contribution is -0.384. The summed E-state index contributed by atoms with van der Waals surface area (Å²) in [5.74, 6) is 0.396. The molecule has 2 aromatic rings. The highest BCUT2D eigenvalue weighted by Crippen LogP contribution is 2.36. The molecule has 0 aliphatic carbocycles. The number of anilines is 1. The quantitative estimate of drug-likeness (QED) is 0.478. The van der Waals surface area contributed by atoms with Crippen LogP contribution in [0.3, 0.4) is 0 Å². The Morgan fingerprint density at radius 1 is 1.21 bits per heavy atom. The van der Waals surface area contributed by atoms with Crippen LogP contribution >= 0.6 is 0 Å². The number of non-ortho nitro benzene ring substituents is 1. The van der Waals surface area contributed by atoms with Crippen molar-refractivity contribution in [3.8, 4) is 5.75 Å². The average Bonchev–Trinajstić information content (AvgIpc) is 2.88. The molecule has 0 saturated heterocycles. The second kappa shape index (κ2) is 7.26. The van der Waals surface area contributed by atoms with Crippen molar-refractivity contribution in [1.82, 2.24) is 0 Å². The van der Waals surface area contributed by atoms with Gasteiger partial charge in [0.15, 0.2) is 0 Å². The van der Waals surface area contributed by atoms with E-state index in [-0.39, 0.29) is 17.4 Å². The van der Waals surface area contributed by atoms with Gasteiger partial charge in [-0.1, -0.05) is 26.0 Å². The average molecular weight is 379 g/mol. The molecule has 0 spiro atoms. The van der Waals surface area contributed by atoms with Gasteiger partial charge in [-0.25, -0.2) is 0 Å². The summed E-state index contributed by atoms with van der Waals surface area (Å²) >= 11 is 0. The normalized spacial score (nSPS) is 15.5. The van der Waals surface area contributed by atoms with Crippen LogP contribution in [0.25, 0.3) is 6.08 Å². The van der Waals surface area contributed by atoms with Gasteiger partial charge in [-0.05, 0) is 54.7 Å². The fraction of sp³-hybridized carbons (Fsp3) is 0.238. The number of nitro benzene ring substituents is 1. The number of carbonyl (C=O) groups is 1. The van der Waals surface area contributed by atoms with Gasteiger partial charge in [0.1, 0.15) is 17.3 Å². The highest BCUT2D eigenvalue weighted by Gasteiger charge is 2.30. The van der Waals surface area contributed by atoms with Crippen molar-refractivity contribution in [2.45, 2.75) is 33.6 Å². The number of amides is 1. The van der Waals surface area contributed by atoms with Crippen molar-refractivity contribution >= 4 is 29.2 Å². The standard InChI is InChI=1S/C21H21N3O4/c1-12(2)17-11-18(13(3)8-20(17)25)23-14(4)22-21(26)19(23)10-15-6-5-7-16(9-15)24(27)28/h5-12,25H,1-4H3/b19-10-. The van der Waals surface area contributed by atoms with Gasteiger partial charge in [-0.2, -0.15) is 4.99 Å². The first kappa shape index (κ1) is 19.3. The first-order valence-corrected chi connectivity index (χ1v) is 8.88. The van der Waals surface area contributed by atoms with Gasteiger partial charge in [0.05, 0.1) is 10.6 Å². The second-order valence-corrected chi connectivity index (χ2v) is 7.03. The molecule has 0 radical (unpaired) electrons. The predicted octanol–water partition coefficient (Wildman–Crippen LogP) is 4.54. The highest BCUT2D eigenvalue weighted by atomic mass is 16.6. The molecule has 1 N–H and O–H groups in total. The number of phenols is 1. The SMILES string of the molecule is CC1=NC(=O)/C(=C/c2cccc([N+](=O)[O-])c2)N1c1cc(C(C)C)c(O)cc1C. The summed E-state index contributed by atoms with van der Waals surface area (Å²) in [6.45, 7) is 7.53. The number of nitrogens with zero attached hydrogens (tertiary/aromatic N) is 3. The Balaban J connectivity index is 2.13. The van der Waals surface area contributed by atoms with Gasteiger partial charge in [0.2, 0.25) is 0 Å². The molecule has 1 aliphatic rings. The van der Waals surface area contributed by atoms with E-state index in [4.69, 9.17) is 0 Å². The van der Waals surface area contributed by atoms with Crippen LogP contribution in [0, 0.1) is 17.0 Å². The summed E-state index contributed by atoms with van der Waals surface area (Å²) in [6, 6.07) is 9.61. The zero-order valence-corrected chi connectivity index (χ0v) is 16.1. The number of nitro groups is 1.